The number of unbranched alkanes of at least 4 members (excludes halogenated alkanes) is 1. The van der Waals surface area contributed by atoms with Crippen LogP contribution in [-0.2, 0) is 0 Å². The summed E-state index contributed by atoms with van der Waals surface area (Å²) in [4.78, 5) is 4.54. The molecule has 0 radical (unpaired) electrons. The molecule has 82 valence electrons. The van der Waals surface area contributed by atoms with Gasteiger partial charge in [0.15, 0.2) is 0 Å². The van der Waals surface area contributed by atoms with Gasteiger partial charge in [0.1, 0.15) is 0 Å². The Kier molecular flexibility index (Phi) is 3.82. The molecule has 2 nitrogen and oxygen atoms in total. The van der Waals surface area contributed by atoms with Crippen LogP contribution < -0.4 is 5.73 Å². The van der Waals surface area contributed by atoms with E-state index in [9.17, 15) is 0 Å². The van der Waals surface area contributed by atoms with Crippen molar-refractivity contribution in [1.82, 2.24) is 0 Å². The van der Waals surface area contributed by atoms with Crippen molar-refractivity contribution >= 4 is 18.2 Å². The molecule has 1 aliphatic carbocycles. The van der Waals surface area contributed by atoms with E-state index < -0.39 is 0 Å². The van der Waals surface area contributed by atoms with Gasteiger partial charge in [-0.2, -0.15) is 0 Å². The second-order valence-corrected chi connectivity index (χ2v) is 4.68. The van der Waals surface area contributed by atoms with Crippen molar-refractivity contribution in [2.24, 2.45) is 28.5 Å². The topological polar surface area (TPSA) is 38.4 Å². The molecule has 3 heteroatoms. The summed E-state index contributed by atoms with van der Waals surface area (Å²) in [5.74, 6) is 3.42. The van der Waals surface area contributed by atoms with Crippen molar-refractivity contribution in [3.05, 3.63) is 0 Å². The molecule has 0 unspecified atom stereocenters. The Hall–Kier alpha value is -0.240. The average Bonchev–Trinajstić information content (AvgIpc) is 2.74. The van der Waals surface area contributed by atoms with Crippen molar-refractivity contribution < 1.29 is 0 Å². The number of hydrogen-bond acceptors (Lipinski definition) is 2. The van der Waals surface area contributed by atoms with Gasteiger partial charge in [0.25, 0.3) is 0 Å². The van der Waals surface area contributed by atoms with E-state index in [1.165, 1.54) is 19.3 Å². The molecule has 4 atom stereocenters. The molecule has 14 heavy (non-hydrogen) atoms. The van der Waals surface area contributed by atoms with Gasteiger partial charge < -0.3 is 5.73 Å². The molecule has 1 heterocycles. The third-order valence-corrected chi connectivity index (χ3v) is 3.58. The van der Waals surface area contributed by atoms with Crippen LogP contribution in [0.3, 0.4) is 0 Å². The van der Waals surface area contributed by atoms with Crippen molar-refractivity contribution in [2.75, 3.05) is 0 Å². The third kappa shape index (κ3) is 2.05. The van der Waals surface area contributed by atoms with E-state index in [0.29, 0.717) is 6.04 Å². The number of amidine groups is 1. The minimum atomic E-state index is 0. The van der Waals surface area contributed by atoms with E-state index in [1.54, 1.807) is 0 Å². The molecule has 1 fully saturated rings. The molecule has 0 saturated heterocycles. The summed E-state index contributed by atoms with van der Waals surface area (Å²) in [6.45, 7) is 4.58. The van der Waals surface area contributed by atoms with Crippen LogP contribution in [0.25, 0.3) is 0 Å². The monoisotopic (exact) mass is 216 g/mol. The summed E-state index contributed by atoms with van der Waals surface area (Å²) < 4.78 is 0. The van der Waals surface area contributed by atoms with Gasteiger partial charge in [-0.05, 0) is 24.2 Å². The van der Waals surface area contributed by atoms with Gasteiger partial charge in [-0.3, -0.25) is 4.99 Å². The lowest BCUT2D eigenvalue weighted by molar-refractivity contribution is 0.462. The lowest BCUT2D eigenvalue weighted by Crippen LogP contribution is -2.22. The molecule has 0 bridgehead atoms. The maximum Gasteiger partial charge on any atom is 0.0943 e. The molecule has 0 aromatic heterocycles. The zero-order chi connectivity index (χ0) is 9.42. The Morgan fingerprint density at radius 1 is 1.50 bits per heavy atom. The normalized spacial score (nSPS) is 39.4. The van der Waals surface area contributed by atoms with E-state index in [0.717, 1.165) is 30.0 Å². The first-order valence-electron chi connectivity index (χ1n) is 5.56. The zero-order valence-corrected chi connectivity index (χ0v) is 9.89. The Morgan fingerprint density at radius 3 is 2.86 bits per heavy atom. The van der Waals surface area contributed by atoms with E-state index >= 15 is 0 Å². The van der Waals surface area contributed by atoms with Crippen LogP contribution in [0.4, 0.5) is 0 Å². The summed E-state index contributed by atoms with van der Waals surface area (Å²) in [6.07, 6.45) is 5.07. The highest BCUT2D eigenvalue weighted by Gasteiger charge is 2.54. The van der Waals surface area contributed by atoms with Crippen LogP contribution in [-0.4, -0.2) is 11.9 Å². The number of fused-ring (bicyclic) bond motifs is 1. The number of halogens is 1. The standard InChI is InChI=1S/C11H20N2.ClH/c1-3-4-5-8-10-7(2)6-9(12)13-11(8)10;/h7-8,10-11H,3-6H2,1-2H3,(H2,12,13);1H/t7-,8+,10-,11+;/m0./s1. The molecule has 1 aliphatic heterocycles. The maximum absolute atomic E-state index is 5.78. The molecule has 0 amide bonds. The van der Waals surface area contributed by atoms with Crippen LogP contribution in [0.5, 0.6) is 0 Å². The maximum atomic E-state index is 5.78. The summed E-state index contributed by atoms with van der Waals surface area (Å²) in [5.41, 5.74) is 5.78. The summed E-state index contributed by atoms with van der Waals surface area (Å²) in [7, 11) is 0. The van der Waals surface area contributed by atoms with Crippen molar-refractivity contribution in [3.8, 4) is 0 Å². The zero-order valence-electron chi connectivity index (χ0n) is 9.07. The second kappa shape index (κ2) is 4.52. The first-order valence-corrected chi connectivity index (χ1v) is 5.56. The molecular weight excluding hydrogens is 196 g/mol. The van der Waals surface area contributed by atoms with Gasteiger partial charge in [0.05, 0.1) is 11.9 Å². The highest BCUT2D eigenvalue weighted by Crippen LogP contribution is 2.52. The van der Waals surface area contributed by atoms with Crippen LogP contribution in [0.1, 0.15) is 39.5 Å². The van der Waals surface area contributed by atoms with E-state index in [-0.39, 0.29) is 12.4 Å². The van der Waals surface area contributed by atoms with Gasteiger partial charge in [-0.25, -0.2) is 0 Å². The van der Waals surface area contributed by atoms with Crippen LogP contribution >= 0.6 is 12.4 Å². The number of rotatable bonds is 3. The van der Waals surface area contributed by atoms with Gasteiger partial charge in [0.2, 0.25) is 0 Å². The predicted octanol–water partition coefficient (Wildman–Crippen LogP) is 2.61. The lowest BCUT2D eigenvalue weighted by atomic mass is 9.97. The van der Waals surface area contributed by atoms with E-state index in [2.05, 4.69) is 18.8 Å². The highest BCUT2D eigenvalue weighted by molar-refractivity contribution is 5.85. The Labute approximate surface area is 92.8 Å². The average molecular weight is 217 g/mol. The number of nitrogens with two attached hydrogens (primary N) is 1. The van der Waals surface area contributed by atoms with Crippen molar-refractivity contribution in [1.29, 1.82) is 0 Å². The van der Waals surface area contributed by atoms with Gasteiger partial charge in [0, 0.05) is 6.42 Å². The highest BCUT2D eigenvalue weighted by atomic mass is 35.5. The minimum Gasteiger partial charge on any atom is -0.387 e. The molecule has 0 aromatic carbocycles. The number of aliphatic imine (C=N–C) groups is 1. The van der Waals surface area contributed by atoms with Gasteiger partial charge in [-0.15, -0.1) is 12.4 Å². The number of hydrogen-bond donors (Lipinski definition) is 1. The smallest absolute Gasteiger partial charge is 0.0943 e. The summed E-state index contributed by atoms with van der Waals surface area (Å²) in [5, 5.41) is 0. The minimum absolute atomic E-state index is 0. The predicted molar refractivity (Wildman–Crippen MR) is 62.9 cm³/mol. The fourth-order valence-electron chi connectivity index (χ4n) is 2.84. The largest absolute Gasteiger partial charge is 0.387 e. The fraction of sp³-hybridized carbons (Fsp3) is 0.909. The summed E-state index contributed by atoms with van der Waals surface area (Å²) in [6, 6.07) is 0.607. The van der Waals surface area contributed by atoms with Crippen LogP contribution in [0.2, 0.25) is 0 Å². The lowest BCUT2D eigenvalue weighted by Gasteiger charge is -2.13. The quantitative estimate of drug-likeness (QED) is 0.774. The van der Waals surface area contributed by atoms with Crippen molar-refractivity contribution in [3.63, 3.8) is 0 Å². The summed E-state index contributed by atoms with van der Waals surface area (Å²) >= 11 is 0. The SMILES string of the molecule is CCCC[C@H]1[C@H]2N=C(N)C[C@H](C)[C@@H]12.Cl. The second-order valence-electron chi connectivity index (χ2n) is 4.68. The molecule has 2 N–H and O–H groups in total. The molecule has 1 saturated carbocycles. The Morgan fingerprint density at radius 2 is 2.21 bits per heavy atom. The van der Waals surface area contributed by atoms with Crippen LogP contribution in [0.15, 0.2) is 4.99 Å². The molecule has 2 aliphatic rings. The third-order valence-electron chi connectivity index (χ3n) is 3.58. The first kappa shape index (κ1) is 11.8. The molecular formula is C11H21ClN2. The van der Waals surface area contributed by atoms with E-state index in [1.807, 2.05) is 0 Å². The van der Waals surface area contributed by atoms with Gasteiger partial charge >= 0.3 is 0 Å². The Bertz CT molecular complexity index is 227. The van der Waals surface area contributed by atoms with Gasteiger partial charge in [-0.1, -0.05) is 26.7 Å². The Balaban J connectivity index is 0.000000980. The van der Waals surface area contributed by atoms with Crippen molar-refractivity contribution in [2.45, 2.75) is 45.6 Å². The van der Waals surface area contributed by atoms with Crippen LogP contribution in [0, 0.1) is 17.8 Å². The molecule has 2 rings (SSSR count). The first-order chi connectivity index (χ1) is 6.24. The molecule has 0 aromatic rings. The molecule has 0 spiro atoms. The number of nitrogens with zero attached hydrogens (tertiary/aromatic N) is 1. The van der Waals surface area contributed by atoms with E-state index in [4.69, 9.17) is 5.73 Å². The fourth-order valence-corrected chi connectivity index (χ4v) is 2.84.